The molecule has 0 bridgehead atoms. The second-order valence-electron chi connectivity index (χ2n) is 4.54. The van der Waals surface area contributed by atoms with E-state index in [4.69, 9.17) is 5.11 Å². The minimum Gasteiger partial charge on any atom is -0.480 e. The van der Waals surface area contributed by atoms with Crippen molar-refractivity contribution in [3.8, 4) is 0 Å². The van der Waals surface area contributed by atoms with E-state index < -0.39 is 18.0 Å². The maximum absolute atomic E-state index is 12.0. The predicted molar refractivity (Wildman–Crippen MR) is 72.3 cm³/mol. The molecule has 0 aromatic carbocycles. The van der Waals surface area contributed by atoms with E-state index >= 15 is 0 Å². The average molecular weight is 286 g/mol. The Morgan fingerprint density at radius 2 is 2.10 bits per heavy atom. The number of carboxylic acids is 1. The van der Waals surface area contributed by atoms with Crippen LogP contribution < -0.4 is 10.6 Å². The van der Waals surface area contributed by atoms with Crippen LogP contribution in [0, 0.1) is 0 Å². The number of nitrogens with zero attached hydrogens (tertiary/aromatic N) is 2. The van der Waals surface area contributed by atoms with Crippen LogP contribution in [0.1, 0.15) is 13.8 Å². The number of nitrogens with one attached hydrogen (secondary N) is 2. The molecule has 3 amide bonds. The summed E-state index contributed by atoms with van der Waals surface area (Å²) in [4.78, 5) is 37.5. The van der Waals surface area contributed by atoms with E-state index in [9.17, 15) is 14.4 Å². The molecule has 1 unspecified atom stereocenters. The van der Waals surface area contributed by atoms with Crippen LogP contribution in [0.2, 0.25) is 0 Å². The summed E-state index contributed by atoms with van der Waals surface area (Å²) in [6.45, 7) is 6.65. The molecule has 1 fully saturated rings. The van der Waals surface area contributed by atoms with Crippen LogP contribution in [0.4, 0.5) is 4.79 Å². The van der Waals surface area contributed by atoms with Gasteiger partial charge in [0, 0.05) is 19.6 Å². The standard InChI is InChI=1S/C12H22N4O4/c1-3-15(4-2)6-5-13-12(20)16-8-10(17)14-7-9(16)11(18)19/h9H,3-8H2,1-2H3,(H,13,20)(H,14,17)(H,18,19). The Bertz CT molecular complexity index is 370. The largest absolute Gasteiger partial charge is 0.480 e. The van der Waals surface area contributed by atoms with Crippen molar-refractivity contribution < 1.29 is 19.5 Å². The second-order valence-corrected chi connectivity index (χ2v) is 4.54. The molecule has 114 valence electrons. The lowest BCUT2D eigenvalue weighted by molar-refractivity contribution is -0.144. The van der Waals surface area contributed by atoms with E-state index in [2.05, 4.69) is 15.5 Å². The zero-order valence-electron chi connectivity index (χ0n) is 11.9. The summed E-state index contributed by atoms with van der Waals surface area (Å²) in [7, 11) is 0. The highest BCUT2D eigenvalue weighted by Crippen LogP contribution is 2.04. The number of hydrogen-bond donors (Lipinski definition) is 3. The topological polar surface area (TPSA) is 102 Å². The number of amides is 3. The lowest BCUT2D eigenvalue weighted by atomic mass is 10.2. The Morgan fingerprint density at radius 1 is 1.45 bits per heavy atom. The minimum atomic E-state index is -1.12. The van der Waals surface area contributed by atoms with E-state index in [0.717, 1.165) is 18.0 Å². The molecule has 0 aromatic heterocycles. The van der Waals surface area contributed by atoms with Crippen molar-refractivity contribution in [2.75, 3.05) is 39.3 Å². The highest BCUT2D eigenvalue weighted by molar-refractivity contribution is 5.90. The Hall–Kier alpha value is -1.83. The summed E-state index contributed by atoms with van der Waals surface area (Å²) in [5.74, 6) is -1.47. The Morgan fingerprint density at radius 3 is 2.65 bits per heavy atom. The van der Waals surface area contributed by atoms with Gasteiger partial charge in [-0.25, -0.2) is 9.59 Å². The molecule has 8 heteroatoms. The third-order valence-electron chi connectivity index (χ3n) is 3.33. The van der Waals surface area contributed by atoms with Gasteiger partial charge in [-0.15, -0.1) is 0 Å². The van der Waals surface area contributed by atoms with Crippen molar-refractivity contribution in [1.29, 1.82) is 0 Å². The third kappa shape index (κ3) is 4.37. The number of carbonyl (C=O) groups is 3. The molecule has 1 heterocycles. The molecular formula is C12H22N4O4. The molecule has 0 radical (unpaired) electrons. The lowest BCUT2D eigenvalue weighted by Crippen LogP contribution is -2.61. The van der Waals surface area contributed by atoms with Gasteiger partial charge in [-0.2, -0.15) is 0 Å². The SMILES string of the molecule is CCN(CC)CCNC(=O)N1CC(=O)NCC1C(=O)O. The van der Waals surface area contributed by atoms with E-state index in [1.807, 2.05) is 13.8 Å². The molecule has 8 nitrogen and oxygen atoms in total. The number of piperazine rings is 1. The van der Waals surface area contributed by atoms with Crippen LogP contribution in [0.3, 0.4) is 0 Å². The van der Waals surface area contributed by atoms with Crippen molar-refractivity contribution in [3.63, 3.8) is 0 Å². The zero-order chi connectivity index (χ0) is 15.1. The molecule has 1 saturated heterocycles. The van der Waals surface area contributed by atoms with E-state index in [1.165, 1.54) is 0 Å². The molecule has 1 atom stereocenters. The van der Waals surface area contributed by atoms with E-state index in [-0.39, 0.29) is 19.0 Å². The Balaban J connectivity index is 2.50. The summed E-state index contributed by atoms with van der Waals surface area (Å²) in [6, 6.07) is -1.53. The van der Waals surface area contributed by atoms with Crippen LogP contribution in [0.25, 0.3) is 0 Å². The first-order valence-electron chi connectivity index (χ1n) is 6.75. The van der Waals surface area contributed by atoms with Gasteiger partial charge < -0.3 is 20.6 Å². The number of likely N-dealkylation sites (N-methyl/N-ethyl adjacent to an activating group) is 1. The smallest absolute Gasteiger partial charge is 0.328 e. The summed E-state index contributed by atoms with van der Waals surface area (Å²) in [5.41, 5.74) is 0. The highest BCUT2D eigenvalue weighted by atomic mass is 16.4. The molecule has 1 aliphatic rings. The Kier molecular flexibility index (Phi) is 6.23. The van der Waals surface area contributed by atoms with Crippen LogP contribution >= 0.6 is 0 Å². The maximum Gasteiger partial charge on any atom is 0.328 e. The van der Waals surface area contributed by atoms with Gasteiger partial charge in [0.15, 0.2) is 0 Å². The monoisotopic (exact) mass is 286 g/mol. The normalized spacial score (nSPS) is 18.9. The number of hydrogen-bond acceptors (Lipinski definition) is 4. The van der Waals surface area contributed by atoms with Gasteiger partial charge in [0.2, 0.25) is 5.91 Å². The van der Waals surface area contributed by atoms with Crippen molar-refractivity contribution in [3.05, 3.63) is 0 Å². The first-order chi connectivity index (χ1) is 9.49. The first-order valence-corrected chi connectivity index (χ1v) is 6.75. The van der Waals surface area contributed by atoms with Crippen LogP contribution in [0.15, 0.2) is 0 Å². The molecule has 1 rings (SSSR count). The second kappa shape index (κ2) is 7.68. The maximum atomic E-state index is 12.0. The van der Waals surface area contributed by atoms with Crippen LogP contribution in [-0.4, -0.2) is 78.1 Å². The Labute approximate surface area is 118 Å². The fourth-order valence-corrected chi connectivity index (χ4v) is 2.04. The van der Waals surface area contributed by atoms with Crippen LogP contribution in [-0.2, 0) is 9.59 Å². The van der Waals surface area contributed by atoms with Gasteiger partial charge >= 0.3 is 12.0 Å². The van der Waals surface area contributed by atoms with Crippen LogP contribution in [0.5, 0.6) is 0 Å². The molecule has 0 spiro atoms. The van der Waals surface area contributed by atoms with Gasteiger partial charge in [-0.05, 0) is 13.1 Å². The van der Waals surface area contributed by atoms with E-state index in [0.29, 0.717) is 13.1 Å². The van der Waals surface area contributed by atoms with E-state index in [1.54, 1.807) is 0 Å². The minimum absolute atomic E-state index is 0.0579. The molecule has 20 heavy (non-hydrogen) atoms. The van der Waals surface area contributed by atoms with Crippen molar-refractivity contribution in [2.24, 2.45) is 0 Å². The number of carboxylic acid groups (broad SMARTS) is 1. The third-order valence-corrected chi connectivity index (χ3v) is 3.33. The summed E-state index contributed by atoms with van der Waals surface area (Å²) < 4.78 is 0. The quantitative estimate of drug-likeness (QED) is 0.576. The fraction of sp³-hybridized carbons (Fsp3) is 0.750. The molecule has 0 saturated carbocycles. The van der Waals surface area contributed by atoms with Gasteiger partial charge in [-0.3, -0.25) is 9.69 Å². The molecular weight excluding hydrogens is 264 g/mol. The summed E-state index contributed by atoms with van der Waals surface area (Å²) >= 11 is 0. The fourth-order valence-electron chi connectivity index (χ4n) is 2.04. The molecule has 0 aliphatic carbocycles. The number of aliphatic carboxylic acids is 1. The van der Waals surface area contributed by atoms with Gasteiger partial charge in [0.05, 0.1) is 0 Å². The number of urea groups is 1. The average Bonchev–Trinajstić information content (AvgIpc) is 2.43. The molecule has 1 aliphatic heterocycles. The summed E-state index contributed by atoms with van der Waals surface area (Å²) in [5, 5.41) is 14.2. The van der Waals surface area contributed by atoms with Gasteiger partial charge in [0.25, 0.3) is 0 Å². The van der Waals surface area contributed by atoms with Gasteiger partial charge in [0.1, 0.15) is 12.6 Å². The molecule has 3 N–H and O–H groups in total. The predicted octanol–water partition coefficient (Wildman–Crippen LogP) is -1.08. The zero-order valence-corrected chi connectivity index (χ0v) is 11.9. The number of carbonyl (C=O) groups excluding carboxylic acids is 2. The van der Waals surface area contributed by atoms with Gasteiger partial charge in [-0.1, -0.05) is 13.8 Å². The highest BCUT2D eigenvalue weighted by Gasteiger charge is 2.34. The first kappa shape index (κ1) is 16.2. The number of rotatable bonds is 6. The van der Waals surface area contributed by atoms with Crippen molar-refractivity contribution >= 4 is 17.9 Å². The van der Waals surface area contributed by atoms with Crippen molar-refractivity contribution in [1.82, 2.24) is 20.4 Å². The summed E-state index contributed by atoms with van der Waals surface area (Å²) in [6.07, 6.45) is 0. The molecule has 0 aromatic rings. The van der Waals surface area contributed by atoms with Crippen molar-refractivity contribution in [2.45, 2.75) is 19.9 Å². The lowest BCUT2D eigenvalue weighted by Gasteiger charge is -2.32.